The van der Waals surface area contributed by atoms with Gasteiger partial charge in [-0.1, -0.05) is 12.1 Å². The zero-order valence-electron chi connectivity index (χ0n) is 17.7. The molecule has 0 aliphatic rings. The molecule has 2 N–H and O–H groups in total. The average Bonchev–Trinajstić information content (AvgIpc) is 2.98. The number of nitrogens with zero attached hydrogens (tertiary/aromatic N) is 3. The zero-order valence-corrected chi connectivity index (χ0v) is 17.7. The zero-order chi connectivity index (χ0) is 22.5. The Balaban J connectivity index is 1.66. The van der Waals surface area contributed by atoms with Crippen molar-refractivity contribution in [2.24, 2.45) is 7.05 Å². The van der Waals surface area contributed by atoms with Crippen LogP contribution in [0.25, 0.3) is 11.0 Å². The molecule has 0 saturated heterocycles. The van der Waals surface area contributed by atoms with E-state index >= 15 is 0 Å². The molecule has 162 valence electrons. The average molecular weight is 423 g/mol. The van der Waals surface area contributed by atoms with E-state index in [4.69, 9.17) is 0 Å². The predicted octanol–water partition coefficient (Wildman–Crippen LogP) is 1.79. The molecule has 0 bridgehead atoms. The minimum atomic E-state index is -0.354. The summed E-state index contributed by atoms with van der Waals surface area (Å²) in [5, 5.41) is 5.38. The lowest BCUT2D eigenvalue weighted by molar-refractivity contribution is -0.135. The predicted molar refractivity (Wildman–Crippen MR) is 119 cm³/mol. The lowest BCUT2D eigenvalue weighted by Gasteiger charge is -2.20. The molecule has 0 unspecified atom stereocenters. The third-order valence-electron chi connectivity index (χ3n) is 4.90. The number of fused-ring (bicyclic) bond motifs is 1. The van der Waals surface area contributed by atoms with Crippen LogP contribution < -0.4 is 16.3 Å². The molecule has 0 saturated carbocycles. The van der Waals surface area contributed by atoms with Crippen LogP contribution in [0.1, 0.15) is 13.8 Å². The summed E-state index contributed by atoms with van der Waals surface area (Å²) < 4.78 is 2.91. The second-order valence-corrected chi connectivity index (χ2v) is 7.13. The van der Waals surface area contributed by atoms with Crippen molar-refractivity contribution >= 4 is 40.1 Å². The van der Waals surface area contributed by atoms with Crippen molar-refractivity contribution < 1.29 is 14.4 Å². The van der Waals surface area contributed by atoms with Gasteiger partial charge in [0.25, 0.3) is 0 Å². The third kappa shape index (κ3) is 5.00. The van der Waals surface area contributed by atoms with E-state index < -0.39 is 0 Å². The Kier molecular flexibility index (Phi) is 6.54. The molecule has 0 radical (unpaired) electrons. The van der Waals surface area contributed by atoms with Gasteiger partial charge in [0.2, 0.25) is 17.7 Å². The molecule has 1 heterocycles. The maximum absolute atomic E-state index is 12.8. The number of nitrogens with one attached hydrogen (secondary N) is 2. The number of hydrogen-bond donors (Lipinski definition) is 2. The van der Waals surface area contributed by atoms with Gasteiger partial charge >= 0.3 is 5.69 Å². The molecule has 0 spiro atoms. The lowest BCUT2D eigenvalue weighted by Crippen LogP contribution is -2.41. The monoisotopic (exact) mass is 423 g/mol. The largest absolute Gasteiger partial charge is 0.332 e. The molecular weight excluding hydrogens is 398 g/mol. The summed E-state index contributed by atoms with van der Waals surface area (Å²) in [6.45, 7) is 3.24. The van der Waals surface area contributed by atoms with Crippen LogP contribution in [0.4, 0.5) is 11.4 Å². The highest BCUT2D eigenvalue weighted by Crippen LogP contribution is 2.14. The standard InChI is InChI=1S/C22H25N5O4/c1-4-26(13-20(29)24-17-11-9-16(10-12-17)23-15(2)28)21(30)14-27-19-8-6-5-7-18(19)25(3)22(27)31/h5-12H,4,13-14H2,1-3H3,(H,23,28)(H,24,29). The molecule has 0 atom stereocenters. The maximum Gasteiger partial charge on any atom is 0.329 e. The van der Waals surface area contributed by atoms with E-state index in [0.29, 0.717) is 23.4 Å². The number of hydrogen-bond acceptors (Lipinski definition) is 4. The van der Waals surface area contributed by atoms with E-state index in [1.54, 1.807) is 44.3 Å². The van der Waals surface area contributed by atoms with Gasteiger partial charge in [0.05, 0.1) is 17.6 Å². The first-order valence-electron chi connectivity index (χ1n) is 9.89. The number of imidazole rings is 1. The fourth-order valence-electron chi connectivity index (χ4n) is 3.34. The molecule has 3 aromatic rings. The fourth-order valence-corrected chi connectivity index (χ4v) is 3.34. The molecule has 0 fully saturated rings. The normalized spacial score (nSPS) is 10.7. The number of aryl methyl sites for hydroxylation is 1. The van der Waals surface area contributed by atoms with Gasteiger partial charge in [0, 0.05) is 31.9 Å². The van der Waals surface area contributed by atoms with Crippen molar-refractivity contribution in [1.29, 1.82) is 0 Å². The highest BCUT2D eigenvalue weighted by molar-refractivity contribution is 5.95. The summed E-state index contributed by atoms with van der Waals surface area (Å²) in [4.78, 5) is 50.3. The third-order valence-corrected chi connectivity index (χ3v) is 4.90. The van der Waals surface area contributed by atoms with Crippen LogP contribution in [0.5, 0.6) is 0 Å². The fraction of sp³-hybridized carbons (Fsp3) is 0.273. The molecule has 9 nitrogen and oxygen atoms in total. The van der Waals surface area contributed by atoms with E-state index in [9.17, 15) is 19.2 Å². The van der Waals surface area contributed by atoms with Gasteiger partial charge in [-0.3, -0.25) is 23.5 Å². The number of amides is 3. The van der Waals surface area contributed by atoms with Gasteiger partial charge < -0.3 is 15.5 Å². The van der Waals surface area contributed by atoms with Crippen molar-refractivity contribution in [2.75, 3.05) is 23.7 Å². The number of carbonyl (C=O) groups excluding carboxylic acids is 3. The van der Waals surface area contributed by atoms with E-state index in [1.165, 1.54) is 21.0 Å². The Morgan fingerprint density at radius 2 is 1.52 bits per heavy atom. The molecule has 0 aliphatic carbocycles. The quantitative estimate of drug-likeness (QED) is 0.604. The molecule has 2 aromatic carbocycles. The number of aromatic nitrogens is 2. The van der Waals surface area contributed by atoms with Crippen molar-refractivity contribution in [1.82, 2.24) is 14.0 Å². The SMILES string of the molecule is CCN(CC(=O)Nc1ccc(NC(C)=O)cc1)C(=O)Cn1c(=O)n(C)c2ccccc21. The van der Waals surface area contributed by atoms with Crippen LogP contribution in [0.15, 0.2) is 53.3 Å². The van der Waals surface area contributed by atoms with Crippen molar-refractivity contribution in [3.63, 3.8) is 0 Å². The number of rotatable bonds is 7. The topological polar surface area (TPSA) is 105 Å². The Morgan fingerprint density at radius 1 is 0.935 bits per heavy atom. The highest BCUT2D eigenvalue weighted by atomic mass is 16.2. The first kappa shape index (κ1) is 21.8. The maximum atomic E-state index is 12.8. The minimum Gasteiger partial charge on any atom is -0.332 e. The van der Waals surface area contributed by atoms with Gasteiger partial charge in [0.1, 0.15) is 6.54 Å². The second kappa shape index (κ2) is 9.29. The molecule has 3 amide bonds. The smallest absolute Gasteiger partial charge is 0.329 e. The van der Waals surface area contributed by atoms with Gasteiger partial charge in [-0.05, 0) is 43.3 Å². The molecular formula is C22H25N5O4. The summed E-state index contributed by atoms with van der Waals surface area (Å²) in [5.41, 5.74) is 2.30. The van der Waals surface area contributed by atoms with Crippen LogP contribution in [0.2, 0.25) is 0 Å². The first-order valence-corrected chi connectivity index (χ1v) is 9.89. The lowest BCUT2D eigenvalue weighted by atomic mass is 10.2. The van der Waals surface area contributed by atoms with Crippen molar-refractivity contribution in [3.05, 3.63) is 59.0 Å². The van der Waals surface area contributed by atoms with E-state index in [1.807, 2.05) is 18.2 Å². The van der Waals surface area contributed by atoms with Gasteiger partial charge in [-0.25, -0.2) is 4.79 Å². The van der Waals surface area contributed by atoms with Crippen LogP contribution in [-0.4, -0.2) is 44.8 Å². The van der Waals surface area contributed by atoms with Gasteiger partial charge in [0.15, 0.2) is 0 Å². The van der Waals surface area contributed by atoms with Crippen LogP contribution in [-0.2, 0) is 28.0 Å². The van der Waals surface area contributed by atoms with Gasteiger partial charge in [-0.2, -0.15) is 0 Å². The molecule has 3 rings (SSSR count). The summed E-state index contributed by atoms with van der Waals surface area (Å²) >= 11 is 0. The summed E-state index contributed by atoms with van der Waals surface area (Å²) in [6.07, 6.45) is 0. The summed E-state index contributed by atoms with van der Waals surface area (Å²) in [6, 6.07) is 13.9. The Bertz CT molecular complexity index is 1180. The van der Waals surface area contributed by atoms with Gasteiger partial charge in [-0.15, -0.1) is 0 Å². The van der Waals surface area contributed by atoms with E-state index in [0.717, 1.165) is 5.52 Å². The summed E-state index contributed by atoms with van der Waals surface area (Å²) in [7, 11) is 1.66. The van der Waals surface area contributed by atoms with E-state index in [2.05, 4.69) is 10.6 Å². The Labute approximate surface area is 179 Å². The van der Waals surface area contributed by atoms with Crippen LogP contribution in [0.3, 0.4) is 0 Å². The number of benzene rings is 2. The molecule has 9 heteroatoms. The van der Waals surface area contributed by atoms with Crippen molar-refractivity contribution in [2.45, 2.75) is 20.4 Å². The number of carbonyl (C=O) groups is 3. The second-order valence-electron chi connectivity index (χ2n) is 7.13. The Morgan fingerprint density at radius 3 is 2.10 bits per heavy atom. The minimum absolute atomic E-state index is 0.137. The van der Waals surface area contributed by atoms with E-state index in [-0.39, 0.29) is 36.5 Å². The van der Waals surface area contributed by atoms with Crippen molar-refractivity contribution in [3.8, 4) is 0 Å². The van der Waals surface area contributed by atoms with Crippen LogP contribution >= 0.6 is 0 Å². The Hall–Kier alpha value is -3.88. The molecule has 1 aromatic heterocycles. The highest BCUT2D eigenvalue weighted by Gasteiger charge is 2.19. The number of anilines is 2. The first-order chi connectivity index (χ1) is 14.8. The molecule has 31 heavy (non-hydrogen) atoms. The number of likely N-dealkylation sites (N-methyl/N-ethyl adjacent to an activating group) is 1. The summed E-state index contributed by atoms with van der Waals surface area (Å²) in [5.74, 6) is -0.857. The molecule has 0 aliphatic heterocycles. The number of para-hydroxylation sites is 2. The van der Waals surface area contributed by atoms with Crippen LogP contribution in [0, 0.1) is 0 Å².